The van der Waals surface area contributed by atoms with E-state index in [1.165, 1.54) is 11.8 Å². The average Bonchev–Trinajstić information content (AvgIpc) is 3.27. The molecule has 1 fully saturated rings. The van der Waals surface area contributed by atoms with E-state index >= 15 is 0 Å². The maximum atomic E-state index is 12.3. The molecule has 1 heterocycles. The van der Waals surface area contributed by atoms with Crippen molar-refractivity contribution in [3.63, 3.8) is 0 Å². The number of nitrogens with one attached hydrogen (secondary N) is 2. The van der Waals surface area contributed by atoms with Crippen molar-refractivity contribution >= 4 is 23.7 Å². The van der Waals surface area contributed by atoms with E-state index in [-0.39, 0.29) is 11.9 Å². The standard InChI is InChI=1S/C17H22N6O2S/c1-11-7-9-14(10-8-11)23-17(20-21-22-23)26-12(2)15(24)19-16(25)18-13-5-3-4-6-13/h7-10,12-13H,3-6H2,1-2H3,(H2,18,19,24,25)/t12-/m1/s1. The summed E-state index contributed by atoms with van der Waals surface area (Å²) in [5.74, 6) is -0.371. The molecule has 1 aromatic carbocycles. The number of aryl methyl sites for hydroxylation is 1. The molecule has 9 heteroatoms. The maximum Gasteiger partial charge on any atom is 0.321 e. The highest BCUT2D eigenvalue weighted by Crippen LogP contribution is 2.23. The van der Waals surface area contributed by atoms with E-state index in [0.29, 0.717) is 5.16 Å². The SMILES string of the molecule is Cc1ccc(-n2nnnc2S[C@H](C)C(=O)NC(=O)NC2CCCC2)cc1. The van der Waals surface area contributed by atoms with Gasteiger partial charge in [0, 0.05) is 6.04 Å². The van der Waals surface area contributed by atoms with Gasteiger partial charge in [0.05, 0.1) is 10.9 Å². The van der Waals surface area contributed by atoms with E-state index in [1.54, 1.807) is 11.6 Å². The van der Waals surface area contributed by atoms with Crippen molar-refractivity contribution in [2.75, 3.05) is 0 Å². The fourth-order valence-electron chi connectivity index (χ4n) is 2.82. The second kappa shape index (κ2) is 8.31. The number of hydrogen-bond donors (Lipinski definition) is 2. The van der Waals surface area contributed by atoms with Crippen LogP contribution in [0.5, 0.6) is 0 Å². The Morgan fingerprint density at radius 2 is 1.92 bits per heavy atom. The third-order valence-electron chi connectivity index (χ3n) is 4.30. The molecule has 2 aromatic rings. The molecular formula is C17H22N6O2S. The summed E-state index contributed by atoms with van der Waals surface area (Å²) in [7, 11) is 0. The van der Waals surface area contributed by atoms with Gasteiger partial charge in [-0.3, -0.25) is 10.1 Å². The average molecular weight is 374 g/mol. The lowest BCUT2D eigenvalue weighted by Gasteiger charge is -2.14. The second-order valence-electron chi connectivity index (χ2n) is 6.41. The number of nitrogens with zero attached hydrogens (tertiary/aromatic N) is 4. The van der Waals surface area contributed by atoms with Gasteiger partial charge in [0.15, 0.2) is 0 Å². The summed E-state index contributed by atoms with van der Waals surface area (Å²) in [5.41, 5.74) is 1.95. The van der Waals surface area contributed by atoms with E-state index in [2.05, 4.69) is 26.2 Å². The summed E-state index contributed by atoms with van der Waals surface area (Å²) in [6.07, 6.45) is 4.17. The van der Waals surface area contributed by atoms with Crippen LogP contribution in [0.15, 0.2) is 29.4 Å². The molecule has 1 atom stereocenters. The van der Waals surface area contributed by atoms with Crippen LogP contribution in [0.2, 0.25) is 0 Å². The highest BCUT2D eigenvalue weighted by atomic mass is 32.2. The van der Waals surface area contributed by atoms with E-state index in [0.717, 1.165) is 36.9 Å². The number of rotatable bonds is 5. The zero-order chi connectivity index (χ0) is 18.5. The third-order valence-corrected chi connectivity index (χ3v) is 5.33. The summed E-state index contributed by atoms with van der Waals surface area (Å²) in [4.78, 5) is 24.2. The summed E-state index contributed by atoms with van der Waals surface area (Å²) in [6, 6.07) is 7.49. The van der Waals surface area contributed by atoms with Gasteiger partial charge in [0.1, 0.15) is 0 Å². The Morgan fingerprint density at radius 1 is 1.23 bits per heavy atom. The molecule has 0 radical (unpaired) electrons. The summed E-state index contributed by atoms with van der Waals surface area (Å²) < 4.78 is 1.58. The predicted octanol–water partition coefficient (Wildman–Crippen LogP) is 2.22. The molecule has 1 aromatic heterocycles. The lowest BCUT2D eigenvalue weighted by Crippen LogP contribution is -2.45. The number of amides is 3. The Bertz CT molecular complexity index is 770. The van der Waals surface area contributed by atoms with Crippen LogP contribution in [0.4, 0.5) is 4.79 Å². The number of tetrazole rings is 1. The highest BCUT2D eigenvalue weighted by molar-refractivity contribution is 8.00. The molecule has 26 heavy (non-hydrogen) atoms. The van der Waals surface area contributed by atoms with Crippen LogP contribution in [0.25, 0.3) is 5.69 Å². The monoisotopic (exact) mass is 374 g/mol. The fourth-order valence-corrected chi connectivity index (χ4v) is 3.62. The van der Waals surface area contributed by atoms with Crippen molar-refractivity contribution < 1.29 is 9.59 Å². The Balaban J connectivity index is 1.58. The lowest BCUT2D eigenvalue weighted by atomic mass is 10.2. The van der Waals surface area contributed by atoms with Gasteiger partial charge < -0.3 is 5.32 Å². The zero-order valence-corrected chi connectivity index (χ0v) is 15.6. The molecule has 2 N–H and O–H groups in total. The zero-order valence-electron chi connectivity index (χ0n) is 14.8. The molecule has 1 saturated carbocycles. The molecule has 0 aliphatic heterocycles. The van der Waals surface area contributed by atoms with Crippen molar-refractivity contribution in [2.24, 2.45) is 0 Å². The van der Waals surface area contributed by atoms with Gasteiger partial charge in [-0.2, -0.15) is 4.68 Å². The fraction of sp³-hybridized carbons (Fsp3) is 0.471. The Morgan fingerprint density at radius 3 is 2.62 bits per heavy atom. The van der Waals surface area contributed by atoms with Gasteiger partial charge in [0.2, 0.25) is 11.1 Å². The molecule has 138 valence electrons. The van der Waals surface area contributed by atoms with Gasteiger partial charge in [-0.25, -0.2) is 4.79 Å². The van der Waals surface area contributed by atoms with E-state index in [1.807, 2.05) is 31.2 Å². The van der Waals surface area contributed by atoms with Crippen LogP contribution in [0.1, 0.15) is 38.2 Å². The van der Waals surface area contributed by atoms with Crippen molar-refractivity contribution in [1.29, 1.82) is 0 Å². The minimum atomic E-state index is -0.514. The molecule has 0 spiro atoms. The molecule has 3 amide bonds. The number of urea groups is 1. The molecule has 3 rings (SSSR count). The number of benzene rings is 1. The number of imide groups is 1. The third kappa shape index (κ3) is 4.60. The molecule has 0 saturated heterocycles. The van der Waals surface area contributed by atoms with Crippen LogP contribution < -0.4 is 10.6 Å². The predicted molar refractivity (Wildman–Crippen MR) is 98.1 cm³/mol. The molecule has 1 aliphatic rings. The number of carbonyl (C=O) groups excluding carboxylic acids is 2. The maximum absolute atomic E-state index is 12.3. The van der Waals surface area contributed by atoms with E-state index in [4.69, 9.17) is 0 Å². The van der Waals surface area contributed by atoms with Crippen molar-refractivity contribution in [3.8, 4) is 5.69 Å². The van der Waals surface area contributed by atoms with Gasteiger partial charge in [-0.15, -0.1) is 5.10 Å². The minimum Gasteiger partial charge on any atom is -0.335 e. The first kappa shape index (κ1) is 18.4. The topological polar surface area (TPSA) is 102 Å². The number of aromatic nitrogens is 4. The minimum absolute atomic E-state index is 0.166. The van der Waals surface area contributed by atoms with Crippen LogP contribution in [0.3, 0.4) is 0 Å². The van der Waals surface area contributed by atoms with Crippen molar-refractivity contribution in [2.45, 2.75) is 56.0 Å². The van der Waals surface area contributed by atoms with E-state index in [9.17, 15) is 9.59 Å². The van der Waals surface area contributed by atoms with Gasteiger partial charge >= 0.3 is 6.03 Å². The number of thioether (sulfide) groups is 1. The van der Waals surface area contributed by atoms with Gasteiger partial charge in [0.25, 0.3) is 0 Å². The largest absolute Gasteiger partial charge is 0.335 e. The second-order valence-corrected chi connectivity index (χ2v) is 7.72. The smallest absolute Gasteiger partial charge is 0.321 e. The lowest BCUT2D eigenvalue weighted by molar-refractivity contribution is -0.119. The molecule has 1 aliphatic carbocycles. The normalized spacial score (nSPS) is 15.6. The number of hydrogen-bond acceptors (Lipinski definition) is 6. The Kier molecular flexibility index (Phi) is 5.87. The van der Waals surface area contributed by atoms with E-state index < -0.39 is 11.3 Å². The van der Waals surface area contributed by atoms with Crippen molar-refractivity contribution in [3.05, 3.63) is 29.8 Å². The van der Waals surface area contributed by atoms with Gasteiger partial charge in [-0.05, 0) is 49.2 Å². The summed E-state index contributed by atoms with van der Waals surface area (Å²) in [6.45, 7) is 3.72. The first-order chi connectivity index (χ1) is 12.5. The van der Waals surface area contributed by atoms with Gasteiger partial charge in [-0.1, -0.05) is 42.3 Å². The van der Waals surface area contributed by atoms with Crippen LogP contribution in [0, 0.1) is 6.92 Å². The van der Waals surface area contributed by atoms with Crippen molar-refractivity contribution in [1.82, 2.24) is 30.8 Å². The summed E-state index contributed by atoms with van der Waals surface area (Å²) >= 11 is 1.20. The molecule has 8 nitrogen and oxygen atoms in total. The van der Waals surface area contributed by atoms with Crippen LogP contribution in [-0.2, 0) is 4.79 Å². The van der Waals surface area contributed by atoms with Crippen LogP contribution in [-0.4, -0.2) is 43.4 Å². The molecule has 0 unspecified atom stereocenters. The highest BCUT2D eigenvalue weighted by Gasteiger charge is 2.23. The first-order valence-corrected chi connectivity index (χ1v) is 9.54. The first-order valence-electron chi connectivity index (χ1n) is 8.66. The quantitative estimate of drug-likeness (QED) is 0.778. The summed E-state index contributed by atoms with van der Waals surface area (Å²) in [5, 5.41) is 16.9. The Hall–Kier alpha value is -2.42. The number of carbonyl (C=O) groups is 2. The van der Waals surface area contributed by atoms with Crippen LogP contribution >= 0.6 is 11.8 Å². The Labute approximate surface area is 156 Å². The molecular weight excluding hydrogens is 352 g/mol. The molecule has 0 bridgehead atoms.